The van der Waals surface area contributed by atoms with Gasteiger partial charge in [0.15, 0.2) is 5.78 Å². The van der Waals surface area contributed by atoms with Gasteiger partial charge in [0.2, 0.25) is 0 Å². The van der Waals surface area contributed by atoms with Crippen LogP contribution in [0.4, 0.5) is 0 Å². The third-order valence-corrected chi connectivity index (χ3v) is 3.95. The van der Waals surface area contributed by atoms with Crippen LogP contribution in [-0.4, -0.2) is 40.7 Å². The summed E-state index contributed by atoms with van der Waals surface area (Å²) in [6.45, 7) is 5.69. The molecule has 0 radical (unpaired) electrons. The number of hydrogen-bond acceptors (Lipinski definition) is 5. The van der Waals surface area contributed by atoms with Crippen LogP contribution in [0.1, 0.15) is 49.5 Å². The van der Waals surface area contributed by atoms with Gasteiger partial charge in [-0.3, -0.25) is 9.80 Å². The van der Waals surface area contributed by atoms with Gasteiger partial charge in [-0.2, -0.15) is 0 Å². The lowest BCUT2D eigenvalue weighted by Gasteiger charge is -2.31. The molecule has 0 fully saturated rings. The van der Waals surface area contributed by atoms with Crippen molar-refractivity contribution in [3.05, 3.63) is 34.2 Å². The van der Waals surface area contributed by atoms with Crippen LogP contribution in [0, 0.1) is 4.91 Å². The maximum atomic E-state index is 11.9. The molecule has 2 rings (SSSR count). The highest BCUT2D eigenvalue weighted by molar-refractivity contribution is 5.99. The molecule has 0 amide bonds. The summed E-state index contributed by atoms with van der Waals surface area (Å²) in [5.74, 6) is 0.775. The fraction of sp³-hybridized carbons (Fsp3) is 0.588. The van der Waals surface area contributed by atoms with Crippen LogP contribution in [0.15, 0.2) is 23.5 Å². The van der Waals surface area contributed by atoms with Crippen molar-refractivity contribution in [2.75, 3.05) is 13.2 Å². The fourth-order valence-corrected chi connectivity index (χ4v) is 2.65. The highest BCUT2D eigenvalue weighted by atomic mass is 16.5. The fourth-order valence-electron chi connectivity index (χ4n) is 2.65. The number of benzene rings is 1. The number of carbonyl (C=O) groups is 1. The predicted octanol–water partition coefficient (Wildman–Crippen LogP) is 2.73. The van der Waals surface area contributed by atoms with Gasteiger partial charge in [-0.15, -0.1) is 4.91 Å². The van der Waals surface area contributed by atoms with Gasteiger partial charge >= 0.3 is 0 Å². The van der Waals surface area contributed by atoms with Gasteiger partial charge in [0.25, 0.3) is 0 Å². The number of Topliss-reactive ketones (excluding diaryl/α,β-unsaturated/α-hetero) is 1. The Hall–Kier alpha value is -1.95. The largest absolute Gasteiger partial charge is 0.491 e. The Balaban J connectivity index is 2.00. The van der Waals surface area contributed by atoms with E-state index in [0.717, 1.165) is 18.4 Å². The second kappa shape index (κ2) is 7.08. The summed E-state index contributed by atoms with van der Waals surface area (Å²) in [4.78, 5) is 22.8. The van der Waals surface area contributed by atoms with E-state index in [4.69, 9.17) is 4.74 Å². The summed E-state index contributed by atoms with van der Waals surface area (Å²) in [6.07, 6.45) is 1.35. The molecule has 1 atom stereocenters. The van der Waals surface area contributed by atoms with Crippen molar-refractivity contribution in [2.24, 2.45) is 5.29 Å². The van der Waals surface area contributed by atoms with Gasteiger partial charge in [0.1, 0.15) is 18.5 Å². The molecule has 0 bridgehead atoms. The second-order valence-corrected chi connectivity index (χ2v) is 6.86. The number of hydrogen-bond donors (Lipinski definition) is 1. The number of ketones is 1. The van der Waals surface area contributed by atoms with Gasteiger partial charge in [-0.05, 0) is 39.7 Å². The normalized spacial score (nSPS) is 15.7. The Kier molecular flexibility index (Phi) is 5.36. The van der Waals surface area contributed by atoms with Gasteiger partial charge in [0.05, 0.1) is 17.4 Å². The zero-order valence-corrected chi connectivity index (χ0v) is 13.9. The van der Waals surface area contributed by atoms with Crippen molar-refractivity contribution in [3.63, 3.8) is 0 Å². The molecule has 1 aromatic rings. The molecule has 0 unspecified atom stereocenters. The first-order chi connectivity index (χ1) is 10.8. The molecule has 0 saturated carbocycles. The Morgan fingerprint density at radius 2 is 2.09 bits per heavy atom. The number of carbonyl (C=O) groups excluding carboxylic acids is 1. The number of aliphatic hydroxyl groups excluding tert-OH is 1. The summed E-state index contributed by atoms with van der Waals surface area (Å²) >= 11 is 0. The van der Waals surface area contributed by atoms with Gasteiger partial charge in [-0.1, -0.05) is 12.1 Å². The maximum Gasteiger partial charge on any atom is 0.163 e. The van der Waals surface area contributed by atoms with E-state index in [0.29, 0.717) is 17.7 Å². The summed E-state index contributed by atoms with van der Waals surface area (Å²) < 4.78 is 5.70. The minimum atomic E-state index is -0.845. The quantitative estimate of drug-likeness (QED) is 0.644. The Morgan fingerprint density at radius 1 is 1.35 bits per heavy atom. The summed E-state index contributed by atoms with van der Waals surface area (Å²) in [5, 5.41) is 14.4. The van der Waals surface area contributed by atoms with E-state index in [-0.39, 0.29) is 18.9 Å². The number of aliphatic hydroxyl groups is 1. The van der Waals surface area contributed by atoms with Gasteiger partial charge in [-0.25, -0.2) is 0 Å². The van der Waals surface area contributed by atoms with E-state index >= 15 is 0 Å². The smallest absolute Gasteiger partial charge is 0.163 e. The molecule has 0 aromatic heterocycles. The van der Waals surface area contributed by atoms with Crippen molar-refractivity contribution in [2.45, 2.75) is 51.7 Å². The molecule has 126 valence electrons. The van der Waals surface area contributed by atoms with E-state index in [2.05, 4.69) is 5.29 Å². The van der Waals surface area contributed by atoms with Crippen LogP contribution in [0.3, 0.4) is 0 Å². The molecule has 0 heterocycles. The molecule has 0 saturated heterocycles. The lowest BCUT2D eigenvalue weighted by Crippen LogP contribution is -2.43. The minimum absolute atomic E-state index is 0.0484. The molecule has 6 heteroatoms. The van der Waals surface area contributed by atoms with Crippen LogP contribution in [0.5, 0.6) is 5.75 Å². The van der Waals surface area contributed by atoms with E-state index in [1.54, 1.807) is 6.07 Å². The highest BCUT2D eigenvalue weighted by Crippen LogP contribution is 2.29. The van der Waals surface area contributed by atoms with Crippen LogP contribution < -0.4 is 4.74 Å². The van der Waals surface area contributed by atoms with Crippen LogP contribution in [-0.2, 0) is 6.42 Å². The first-order valence-corrected chi connectivity index (χ1v) is 7.90. The third kappa shape index (κ3) is 4.28. The van der Waals surface area contributed by atoms with Crippen molar-refractivity contribution >= 4 is 5.78 Å². The first kappa shape index (κ1) is 17.4. The number of ether oxygens (including phenoxy) is 1. The van der Waals surface area contributed by atoms with E-state index in [1.807, 2.05) is 32.9 Å². The van der Waals surface area contributed by atoms with E-state index < -0.39 is 11.6 Å². The van der Waals surface area contributed by atoms with Crippen molar-refractivity contribution in [1.82, 2.24) is 5.01 Å². The van der Waals surface area contributed by atoms with Crippen molar-refractivity contribution in [1.29, 1.82) is 0 Å². The minimum Gasteiger partial charge on any atom is -0.491 e. The molecule has 23 heavy (non-hydrogen) atoms. The van der Waals surface area contributed by atoms with Gasteiger partial charge in [0, 0.05) is 17.5 Å². The average molecular weight is 320 g/mol. The standard InChI is InChI=1S/C17H24N2O4/c1-17(2,3)19(18-22)10-12(20)11-23-16-9-5-6-13-14(16)7-4-8-15(13)21/h5-6,9,12,20H,4,7-8,10-11H2,1-3H3/t12-/m0/s1. The molecule has 0 spiro atoms. The van der Waals surface area contributed by atoms with Crippen molar-refractivity contribution < 1.29 is 14.6 Å². The van der Waals surface area contributed by atoms with Gasteiger partial charge < -0.3 is 9.84 Å². The Morgan fingerprint density at radius 3 is 2.74 bits per heavy atom. The highest BCUT2D eigenvalue weighted by Gasteiger charge is 2.25. The lowest BCUT2D eigenvalue weighted by atomic mass is 9.90. The predicted molar refractivity (Wildman–Crippen MR) is 87.5 cm³/mol. The zero-order valence-electron chi connectivity index (χ0n) is 13.9. The number of β-amino-alcohol motifs (C(OH)–C–C–N with tert-alkyl or cyclic N) is 1. The number of fused-ring (bicyclic) bond motifs is 1. The molecule has 1 aliphatic carbocycles. The summed E-state index contributed by atoms with van der Waals surface area (Å²) in [7, 11) is 0. The number of nitrogens with zero attached hydrogens (tertiary/aromatic N) is 2. The molecule has 1 N–H and O–H groups in total. The van der Waals surface area contributed by atoms with Crippen molar-refractivity contribution in [3.8, 4) is 5.75 Å². The van der Waals surface area contributed by atoms with E-state index in [1.165, 1.54) is 5.01 Å². The molecule has 1 aliphatic rings. The van der Waals surface area contributed by atoms with Crippen LogP contribution in [0.25, 0.3) is 0 Å². The number of nitroso groups, excluding NO2 is 1. The Bertz CT molecular complexity index is 580. The molecule has 0 aliphatic heterocycles. The molecular weight excluding hydrogens is 296 g/mol. The van der Waals surface area contributed by atoms with E-state index in [9.17, 15) is 14.8 Å². The maximum absolute atomic E-state index is 11.9. The van der Waals surface area contributed by atoms with Crippen LogP contribution in [0.2, 0.25) is 0 Å². The zero-order chi connectivity index (χ0) is 17.0. The first-order valence-electron chi connectivity index (χ1n) is 7.90. The second-order valence-electron chi connectivity index (χ2n) is 6.86. The topological polar surface area (TPSA) is 79.2 Å². The third-order valence-electron chi connectivity index (χ3n) is 3.95. The summed E-state index contributed by atoms with van der Waals surface area (Å²) in [6, 6.07) is 5.42. The number of rotatable bonds is 6. The summed E-state index contributed by atoms with van der Waals surface area (Å²) in [5.41, 5.74) is 1.17. The van der Waals surface area contributed by atoms with Crippen LogP contribution >= 0.6 is 0 Å². The molecule has 1 aromatic carbocycles. The Labute approximate surface area is 136 Å². The lowest BCUT2D eigenvalue weighted by molar-refractivity contribution is 0.0331. The molecule has 6 nitrogen and oxygen atoms in total. The SMILES string of the molecule is CC(C)(C)N(C[C@H](O)COc1cccc2c1CCCC2=O)N=O. The monoisotopic (exact) mass is 320 g/mol. The average Bonchev–Trinajstić information content (AvgIpc) is 2.50. The molecular formula is C17H24N2O4.